The molecular formula is C14H17N3O2. The zero-order chi connectivity index (χ0) is 13.7. The second-order valence-corrected chi connectivity index (χ2v) is 4.55. The van der Waals surface area contributed by atoms with Gasteiger partial charge in [-0.3, -0.25) is 9.69 Å². The summed E-state index contributed by atoms with van der Waals surface area (Å²) in [7, 11) is 1.82. The largest absolute Gasteiger partial charge is 0.491 e. The lowest BCUT2D eigenvalue weighted by Crippen LogP contribution is -2.49. The Balaban J connectivity index is 1.81. The third-order valence-corrected chi connectivity index (χ3v) is 3.21. The molecular weight excluding hydrogens is 242 g/mol. The summed E-state index contributed by atoms with van der Waals surface area (Å²) >= 11 is 0. The van der Waals surface area contributed by atoms with E-state index in [9.17, 15) is 4.79 Å². The molecule has 0 atom stereocenters. The summed E-state index contributed by atoms with van der Waals surface area (Å²) in [5.74, 6) is 0.745. The van der Waals surface area contributed by atoms with Crippen molar-refractivity contribution in [3.05, 3.63) is 29.8 Å². The molecule has 1 aromatic carbocycles. The number of ether oxygens (including phenoxy) is 1. The summed E-state index contributed by atoms with van der Waals surface area (Å²) < 4.78 is 5.60. The predicted molar refractivity (Wildman–Crippen MR) is 70.7 cm³/mol. The molecule has 19 heavy (non-hydrogen) atoms. The first kappa shape index (κ1) is 13.4. The van der Waals surface area contributed by atoms with E-state index in [0.717, 1.165) is 13.1 Å². The molecule has 0 spiro atoms. The van der Waals surface area contributed by atoms with Crippen molar-refractivity contribution in [3.63, 3.8) is 0 Å². The van der Waals surface area contributed by atoms with Crippen LogP contribution < -0.4 is 4.74 Å². The van der Waals surface area contributed by atoms with Crippen LogP contribution in [0, 0.1) is 11.3 Å². The molecule has 1 aromatic rings. The smallest absolute Gasteiger partial charge is 0.236 e. The van der Waals surface area contributed by atoms with Crippen LogP contribution in [0.15, 0.2) is 24.3 Å². The topological polar surface area (TPSA) is 56.6 Å². The van der Waals surface area contributed by atoms with Crippen molar-refractivity contribution in [2.24, 2.45) is 0 Å². The summed E-state index contributed by atoms with van der Waals surface area (Å²) in [5.41, 5.74) is 0.539. The third kappa shape index (κ3) is 3.46. The van der Waals surface area contributed by atoms with Crippen LogP contribution in [0.4, 0.5) is 0 Å². The van der Waals surface area contributed by atoms with Crippen LogP contribution in [-0.4, -0.2) is 55.5 Å². The van der Waals surface area contributed by atoms with E-state index in [2.05, 4.69) is 11.0 Å². The summed E-state index contributed by atoms with van der Waals surface area (Å²) in [4.78, 5) is 15.3. The highest BCUT2D eigenvalue weighted by atomic mass is 16.5. The zero-order valence-electron chi connectivity index (χ0n) is 11.0. The maximum atomic E-state index is 11.5. The molecule has 1 fully saturated rings. The van der Waals surface area contributed by atoms with E-state index < -0.39 is 0 Å². The van der Waals surface area contributed by atoms with Gasteiger partial charge in [0.25, 0.3) is 0 Å². The number of para-hydroxylation sites is 1. The molecule has 1 saturated heterocycles. The molecule has 1 heterocycles. The number of carbonyl (C=O) groups is 1. The minimum absolute atomic E-state index is 0.142. The van der Waals surface area contributed by atoms with E-state index in [1.54, 1.807) is 17.0 Å². The highest BCUT2D eigenvalue weighted by Gasteiger charge is 2.20. The van der Waals surface area contributed by atoms with Gasteiger partial charge >= 0.3 is 0 Å². The number of benzene rings is 1. The Hall–Kier alpha value is -2.06. The van der Waals surface area contributed by atoms with Gasteiger partial charge in [0.05, 0.1) is 12.1 Å². The molecule has 5 heteroatoms. The van der Waals surface area contributed by atoms with Gasteiger partial charge in [0.15, 0.2) is 0 Å². The Kier molecular flexibility index (Phi) is 4.37. The Morgan fingerprint density at radius 2 is 2.16 bits per heavy atom. The van der Waals surface area contributed by atoms with E-state index in [1.165, 1.54) is 0 Å². The van der Waals surface area contributed by atoms with Crippen LogP contribution in [0.1, 0.15) is 5.56 Å². The van der Waals surface area contributed by atoms with E-state index >= 15 is 0 Å². The van der Waals surface area contributed by atoms with Crippen molar-refractivity contribution in [1.82, 2.24) is 9.80 Å². The minimum Gasteiger partial charge on any atom is -0.491 e. The van der Waals surface area contributed by atoms with Gasteiger partial charge in [0.1, 0.15) is 18.4 Å². The first-order valence-electron chi connectivity index (χ1n) is 6.29. The van der Waals surface area contributed by atoms with Crippen molar-refractivity contribution in [1.29, 1.82) is 5.26 Å². The van der Waals surface area contributed by atoms with Crippen molar-refractivity contribution in [2.45, 2.75) is 0 Å². The molecule has 0 aliphatic carbocycles. The van der Waals surface area contributed by atoms with Crippen molar-refractivity contribution in [3.8, 4) is 11.8 Å². The van der Waals surface area contributed by atoms with Gasteiger partial charge in [-0.1, -0.05) is 12.1 Å². The van der Waals surface area contributed by atoms with Crippen LogP contribution in [0.25, 0.3) is 0 Å². The lowest BCUT2D eigenvalue weighted by atomic mass is 10.2. The summed E-state index contributed by atoms with van der Waals surface area (Å²) in [6.45, 7) is 3.24. The minimum atomic E-state index is 0.142. The number of hydrogen-bond acceptors (Lipinski definition) is 4. The molecule has 1 amide bonds. The molecule has 0 N–H and O–H groups in total. The Morgan fingerprint density at radius 1 is 1.37 bits per heavy atom. The third-order valence-electron chi connectivity index (χ3n) is 3.21. The van der Waals surface area contributed by atoms with Crippen molar-refractivity contribution < 1.29 is 9.53 Å². The number of nitriles is 1. The van der Waals surface area contributed by atoms with E-state index in [4.69, 9.17) is 10.00 Å². The standard InChI is InChI=1S/C14H17N3O2/c1-16-6-7-17(11-14(16)18)8-9-19-13-5-3-2-4-12(13)10-15/h2-5H,6-9,11H2,1H3. The fraction of sp³-hybridized carbons (Fsp3) is 0.429. The molecule has 0 unspecified atom stereocenters. The SMILES string of the molecule is CN1CCN(CCOc2ccccc2C#N)CC1=O. The van der Waals surface area contributed by atoms with E-state index in [0.29, 0.717) is 31.0 Å². The molecule has 5 nitrogen and oxygen atoms in total. The van der Waals surface area contributed by atoms with Crippen molar-refractivity contribution >= 4 is 5.91 Å². The molecule has 1 aliphatic heterocycles. The van der Waals surface area contributed by atoms with Gasteiger partial charge in [-0.25, -0.2) is 0 Å². The first-order chi connectivity index (χ1) is 9.20. The van der Waals surface area contributed by atoms with Crippen LogP contribution in [0.3, 0.4) is 0 Å². The molecule has 0 radical (unpaired) electrons. The molecule has 100 valence electrons. The monoisotopic (exact) mass is 259 g/mol. The zero-order valence-corrected chi connectivity index (χ0v) is 11.0. The highest BCUT2D eigenvalue weighted by molar-refractivity contribution is 5.78. The Bertz CT molecular complexity index is 496. The second-order valence-electron chi connectivity index (χ2n) is 4.55. The number of nitrogens with zero attached hydrogens (tertiary/aromatic N) is 3. The summed E-state index contributed by atoms with van der Waals surface area (Å²) in [6, 6.07) is 9.27. The predicted octanol–water partition coefficient (Wildman–Crippen LogP) is 0.711. The molecule has 0 aromatic heterocycles. The Morgan fingerprint density at radius 3 is 2.89 bits per heavy atom. The maximum absolute atomic E-state index is 11.5. The quantitative estimate of drug-likeness (QED) is 0.799. The first-order valence-corrected chi connectivity index (χ1v) is 6.29. The number of hydrogen-bond donors (Lipinski definition) is 0. The van der Waals surface area contributed by atoms with Crippen molar-refractivity contribution in [2.75, 3.05) is 39.8 Å². The van der Waals surface area contributed by atoms with Gasteiger partial charge in [0.2, 0.25) is 5.91 Å². The maximum Gasteiger partial charge on any atom is 0.236 e. The van der Waals surface area contributed by atoms with Gasteiger partial charge in [0, 0.05) is 26.7 Å². The van der Waals surface area contributed by atoms with Gasteiger partial charge in [-0.05, 0) is 12.1 Å². The van der Waals surface area contributed by atoms with E-state index in [1.807, 2.05) is 19.2 Å². The number of rotatable bonds is 4. The average molecular weight is 259 g/mol. The van der Waals surface area contributed by atoms with Gasteiger partial charge < -0.3 is 9.64 Å². The van der Waals surface area contributed by atoms with Gasteiger partial charge in [-0.15, -0.1) is 0 Å². The van der Waals surface area contributed by atoms with Gasteiger partial charge in [-0.2, -0.15) is 5.26 Å². The lowest BCUT2D eigenvalue weighted by Gasteiger charge is -2.31. The average Bonchev–Trinajstić information content (AvgIpc) is 2.43. The van der Waals surface area contributed by atoms with Crippen LogP contribution >= 0.6 is 0 Å². The summed E-state index contributed by atoms with van der Waals surface area (Å²) in [5, 5.41) is 8.94. The van der Waals surface area contributed by atoms with Crippen LogP contribution in [0.2, 0.25) is 0 Å². The number of piperazine rings is 1. The fourth-order valence-electron chi connectivity index (χ4n) is 1.97. The highest BCUT2D eigenvalue weighted by Crippen LogP contribution is 2.16. The number of likely N-dealkylation sites (N-methyl/N-ethyl adjacent to an activating group) is 1. The van der Waals surface area contributed by atoms with Crippen LogP contribution in [-0.2, 0) is 4.79 Å². The van der Waals surface area contributed by atoms with E-state index in [-0.39, 0.29) is 5.91 Å². The molecule has 0 saturated carbocycles. The van der Waals surface area contributed by atoms with Crippen LogP contribution in [0.5, 0.6) is 5.75 Å². The number of carbonyl (C=O) groups excluding carboxylic acids is 1. The second kappa shape index (κ2) is 6.21. The summed E-state index contributed by atoms with van der Waals surface area (Å²) in [6.07, 6.45) is 0. The Labute approximate surface area is 113 Å². The normalized spacial score (nSPS) is 16.2. The number of amides is 1. The molecule has 1 aliphatic rings. The lowest BCUT2D eigenvalue weighted by molar-refractivity contribution is -0.134. The molecule has 2 rings (SSSR count). The molecule has 0 bridgehead atoms. The fourth-order valence-corrected chi connectivity index (χ4v) is 1.97.